The highest BCUT2D eigenvalue weighted by Gasteiger charge is 2.31. The lowest BCUT2D eigenvalue weighted by molar-refractivity contribution is -0.121. The maximum Gasteiger partial charge on any atom is 0.265 e. The number of nitrogens with one attached hydrogen (secondary N) is 1. The number of carbonyl (C=O) groups is 2. The largest absolute Gasteiger partial charge is 0.337 e. The Bertz CT molecular complexity index is 986. The van der Waals surface area contributed by atoms with Gasteiger partial charge in [-0.1, -0.05) is 48.0 Å². The number of hydrogen-bond donors (Lipinski definition) is 1. The van der Waals surface area contributed by atoms with Crippen molar-refractivity contribution in [3.8, 4) is 0 Å². The molecule has 1 fully saturated rings. The molecule has 0 spiro atoms. The predicted octanol–water partition coefficient (Wildman–Crippen LogP) is 5.05. The summed E-state index contributed by atoms with van der Waals surface area (Å²) >= 11 is 7.88. The summed E-state index contributed by atoms with van der Waals surface area (Å²) in [5, 5.41) is 4.36. The van der Waals surface area contributed by atoms with Crippen molar-refractivity contribution in [3.05, 3.63) is 64.5 Å². The molecule has 0 radical (unpaired) electrons. The second kappa shape index (κ2) is 7.71. The van der Waals surface area contributed by atoms with Crippen molar-refractivity contribution < 1.29 is 9.59 Å². The molecule has 2 aromatic carbocycles. The zero-order valence-corrected chi connectivity index (χ0v) is 16.2. The highest BCUT2D eigenvalue weighted by atomic mass is 35.5. The van der Waals surface area contributed by atoms with E-state index in [1.807, 2.05) is 54.6 Å². The van der Waals surface area contributed by atoms with Crippen LogP contribution in [0.5, 0.6) is 0 Å². The molecule has 0 saturated carbocycles. The second-order valence-corrected chi connectivity index (χ2v) is 8.12. The van der Waals surface area contributed by atoms with Crippen LogP contribution in [0.1, 0.15) is 22.5 Å². The molecule has 2 heterocycles. The van der Waals surface area contributed by atoms with Gasteiger partial charge in [0.05, 0.1) is 10.9 Å². The lowest BCUT2D eigenvalue weighted by Gasteiger charge is -2.31. The molecule has 1 saturated heterocycles. The average Bonchev–Trinajstić information content (AvgIpc) is 3.05. The van der Waals surface area contributed by atoms with Gasteiger partial charge in [0.2, 0.25) is 5.91 Å². The number of rotatable bonds is 3. The predicted molar refractivity (Wildman–Crippen MR) is 111 cm³/mol. The second-order valence-electron chi connectivity index (χ2n) is 6.69. The zero-order valence-electron chi connectivity index (χ0n) is 14.7. The first-order valence-electron chi connectivity index (χ1n) is 8.95. The topological polar surface area (TPSA) is 49.4 Å². The van der Waals surface area contributed by atoms with Gasteiger partial charge in [0.1, 0.15) is 4.88 Å². The molecule has 0 bridgehead atoms. The summed E-state index contributed by atoms with van der Waals surface area (Å²) < 4.78 is 1.00. The lowest BCUT2D eigenvalue weighted by atomic mass is 9.97. The lowest BCUT2D eigenvalue weighted by Crippen LogP contribution is -2.43. The van der Waals surface area contributed by atoms with E-state index >= 15 is 0 Å². The fourth-order valence-corrected chi connectivity index (χ4v) is 4.92. The maximum absolute atomic E-state index is 13.0. The molecule has 6 heteroatoms. The van der Waals surface area contributed by atoms with Gasteiger partial charge in [0, 0.05) is 28.9 Å². The number of amides is 2. The van der Waals surface area contributed by atoms with E-state index in [2.05, 4.69) is 5.32 Å². The average molecular weight is 399 g/mol. The van der Waals surface area contributed by atoms with Crippen molar-refractivity contribution in [1.82, 2.24) is 4.90 Å². The molecule has 27 heavy (non-hydrogen) atoms. The van der Waals surface area contributed by atoms with Crippen LogP contribution in [-0.2, 0) is 4.79 Å². The fraction of sp³-hybridized carbons (Fsp3) is 0.238. The van der Waals surface area contributed by atoms with Gasteiger partial charge in [0.15, 0.2) is 0 Å². The van der Waals surface area contributed by atoms with Crippen LogP contribution in [0.4, 0.5) is 5.69 Å². The number of fused-ring (bicyclic) bond motifs is 1. The van der Waals surface area contributed by atoms with Gasteiger partial charge in [-0.05, 0) is 31.0 Å². The summed E-state index contributed by atoms with van der Waals surface area (Å²) in [5.74, 6) is -0.337. The molecule has 138 valence electrons. The fourth-order valence-electron chi connectivity index (χ4n) is 3.44. The van der Waals surface area contributed by atoms with Gasteiger partial charge in [-0.3, -0.25) is 9.59 Å². The number of para-hydroxylation sites is 1. The van der Waals surface area contributed by atoms with Crippen molar-refractivity contribution in [2.24, 2.45) is 5.92 Å². The summed E-state index contributed by atoms with van der Waals surface area (Å²) in [6, 6.07) is 17.2. The van der Waals surface area contributed by atoms with E-state index in [1.54, 1.807) is 4.90 Å². The van der Waals surface area contributed by atoms with E-state index < -0.39 is 0 Å². The first kappa shape index (κ1) is 18.0. The Balaban J connectivity index is 1.49. The van der Waals surface area contributed by atoms with Gasteiger partial charge in [-0.25, -0.2) is 0 Å². The van der Waals surface area contributed by atoms with Gasteiger partial charge >= 0.3 is 0 Å². The Morgan fingerprint density at radius 3 is 2.59 bits per heavy atom. The van der Waals surface area contributed by atoms with E-state index in [-0.39, 0.29) is 17.7 Å². The highest BCUT2D eigenvalue weighted by Crippen LogP contribution is 2.36. The zero-order chi connectivity index (χ0) is 18.8. The van der Waals surface area contributed by atoms with E-state index in [9.17, 15) is 9.59 Å². The molecule has 0 unspecified atom stereocenters. The number of benzene rings is 2. The van der Waals surface area contributed by atoms with E-state index in [0.29, 0.717) is 23.0 Å². The van der Waals surface area contributed by atoms with Crippen molar-refractivity contribution in [2.75, 3.05) is 18.4 Å². The Kier molecular flexibility index (Phi) is 5.14. The Hall–Kier alpha value is -2.37. The minimum absolute atomic E-state index is 0.0406. The Labute approximate surface area is 166 Å². The molecule has 4 nitrogen and oxygen atoms in total. The van der Waals surface area contributed by atoms with E-state index in [4.69, 9.17) is 11.6 Å². The number of nitrogens with zero attached hydrogens (tertiary/aromatic N) is 1. The number of hydrogen-bond acceptors (Lipinski definition) is 3. The minimum atomic E-state index is -0.212. The highest BCUT2D eigenvalue weighted by molar-refractivity contribution is 7.21. The summed E-state index contributed by atoms with van der Waals surface area (Å²) in [6.45, 7) is 1.07. The van der Waals surface area contributed by atoms with Crippen molar-refractivity contribution in [3.63, 3.8) is 0 Å². The van der Waals surface area contributed by atoms with Crippen LogP contribution in [-0.4, -0.2) is 29.8 Å². The standard InChI is InChI=1S/C21H19ClN2O2S/c22-18-16-10-4-5-11-17(16)27-19(18)21(26)24-12-6-7-14(13-24)20(25)23-15-8-2-1-3-9-15/h1-5,8-11,14H,6-7,12-13H2,(H,23,25)/t14-/m1/s1. The van der Waals surface area contributed by atoms with Gasteiger partial charge < -0.3 is 10.2 Å². The summed E-state index contributed by atoms with van der Waals surface area (Å²) in [4.78, 5) is 28.0. The number of halogens is 1. The minimum Gasteiger partial charge on any atom is -0.337 e. The van der Waals surface area contributed by atoms with Gasteiger partial charge in [-0.15, -0.1) is 11.3 Å². The first-order valence-corrected chi connectivity index (χ1v) is 10.1. The number of carbonyl (C=O) groups excluding carboxylic acids is 2. The summed E-state index contributed by atoms with van der Waals surface area (Å²) in [6.07, 6.45) is 1.59. The van der Waals surface area contributed by atoms with E-state index in [1.165, 1.54) is 11.3 Å². The molecule has 1 aliphatic heterocycles. The molecule has 3 aromatic rings. The number of likely N-dealkylation sites (tertiary alicyclic amines) is 1. The molecule has 4 rings (SSSR count). The molecule has 0 aliphatic carbocycles. The van der Waals surface area contributed by atoms with Gasteiger partial charge in [0.25, 0.3) is 5.91 Å². The van der Waals surface area contributed by atoms with Crippen LogP contribution >= 0.6 is 22.9 Å². The molecule has 2 amide bonds. The first-order chi connectivity index (χ1) is 13.1. The molecular weight excluding hydrogens is 380 g/mol. The van der Waals surface area contributed by atoms with Crippen molar-refractivity contribution in [1.29, 1.82) is 0 Å². The van der Waals surface area contributed by atoms with E-state index in [0.717, 1.165) is 28.6 Å². The summed E-state index contributed by atoms with van der Waals surface area (Å²) in [7, 11) is 0. The van der Waals surface area contributed by atoms with Gasteiger partial charge in [-0.2, -0.15) is 0 Å². The van der Waals surface area contributed by atoms with Crippen molar-refractivity contribution >= 4 is 50.5 Å². The Morgan fingerprint density at radius 2 is 1.81 bits per heavy atom. The normalized spacial score (nSPS) is 17.1. The number of thiophene rings is 1. The van der Waals surface area contributed by atoms with Crippen LogP contribution < -0.4 is 5.32 Å². The Morgan fingerprint density at radius 1 is 1.07 bits per heavy atom. The maximum atomic E-state index is 13.0. The van der Waals surface area contributed by atoms with Crippen LogP contribution in [0.25, 0.3) is 10.1 Å². The molecule has 1 N–H and O–H groups in total. The van der Waals surface area contributed by atoms with Crippen LogP contribution in [0.3, 0.4) is 0 Å². The summed E-state index contributed by atoms with van der Waals surface area (Å²) in [5.41, 5.74) is 0.776. The van der Waals surface area contributed by atoms with Crippen LogP contribution in [0.2, 0.25) is 5.02 Å². The third-order valence-corrected chi connectivity index (χ3v) is 6.51. The molecule has 1 aliphatic rings. The molecule has 1 atom stereocenters. The smallest absolute Gasteiger partial charge is 0.265 e. The quantitative estimate of drug-likeness (QED) is 0.671. The number of anilines is 1. The van der Waals surface area contributed by atoms with Crippen LogP contribution in [0.15, 0.2) is 54.6 Å². The third-order valence-electron chi connectivity index (χ3n) is 4.85. The SMILES string of the molecule is O=C(Nc1ccccc1)[C@@H]1CCCN(C(=O)c2sc3ccccc3c2Cl)C1. The van der Waals surface area contributed by atoms with Crippen LogP contribution in [0, 0.1) is 5.92 Å². The number of piperidine rings is 1. The van der Waals surface area contributed by atoms with Crippen molar-refractivity contribution in [2.45, 2.75) is 12.8 Å². The molecular formula is C21H19ClN2O2S. The monoisotopic (exact) mass is 398 g/mol. The third kappa shape index (κ3) is 3.70. The molecule has 1 aromatic heterocycles.